The number of nitrogens with two attached hydrogens (primary N) is 1. The standard InChI is InChI=1S/C14H16ClF4N/c15-11-3-4-12(16)9(6-11)7-13(20)5-1-2-10(8-13)14(17,18)19/h3-4,6,10H,1-2,5,7-8,20H2. The van der Waals surface area contributed by atoms with Crippen LogP contribution in [0.4, 0.5) is 17.6 Å². The summed E-state index contributed by atoms with van der Waals surface area (Å²) in [4.78, 5) is 0. The van der Waals surface area contributed by atoms with Crippen molar-refractivity contribution >= 4 is 11.6 Å². The summed E-state index contributed by atoms with van der Waals surface area (Å²) in [6, 6.07) is 4.05. The predicted molar refractivity (Wildman–Crippen MR) is 70.0 cm³/mol. The fraction of sp³-hybridized carbons (Fsp3) is 0.571. The molecule has 2 rings (SSSR count). The Hall–Kier alpha value is -0.810. The van der Waals surface area contributed by atoms with Gasteiger partial charge in [-0.1, -0.05) is 18.0 Å². The zero-order chi connectivity index (χ0) is 15.0. The minimum absolute atomic E-state index is 0.0754. The summed E-state index contributed by atoms with van der Waals surface area (Å²) in [7, 11) is 0. The van der Waals surface area contributed by atoms with Crippen molar-refractivity contribution in [2.24, 2.45) is 11.7 Å². The summed E-state index contributed by atoms with van der Waals surface area (Å²) < 4.78 is 52.1. The summed E-state index contributed by atoms with van der Waals surface area (Å²) in [5.41, 5.74) is 5.34. The highest BCUT2D eigenvalue weighted by Gasteiger charge is 2.46. The quantitative estimate of drug-likeness (QED) is 0.801. The normalized spacial score (nSPS) is 27.6. The monoisotopic (exact) mass is 309 g/mol. The van der Waals surface area contributed by atoms with Crippen molar-refractivity contribution < 1.29 is 17.6 Å². The molecule has 0 spiro atoms. The van der Waals surface area contributed by atoms with Crippen LogP contribution < -0.4 is 5.73 Å². The van der Waals surface area contributed by atoms with Crippen molar-refractivity contribution in [1.82, 2.24) is 0 Å². The second kappa shape index (κ2) is 5.53. The molecule has 1 aliphatic carbocycles. The molecule has 0 bridgehead atoms. The molecule has 2 N–H and O–H groups in total. The topological polar surface area (TPSA) is 26.0 Å². The summed E-state index contributed by atoms with van der Waals surface area (Å²) >= 11 is 5.79. The number of hydrogen-bond donors (Lipinski definition) is 1. The van der Waals surface area contributed by atoms with Crippen LogP contribution in [0.1, 0.15) is 31.2 Å². The molecule has 1 nitrogen and oxygen atoms in total. The van der Waals surface area contributed by atoms with E-state index in [1.807, 2.05) is 0 Å². The Morgan fingerprint density at radius 3 is 2.70 bits per heavy atom. The lowest BCUT2D eigenvalue weighted by Crippen LogP contribution is -2.49. The first-order chi connectivity index (χ1) is 9.20. The SMILES string of the molecule is NC1(Cc2cc(Cl)ccc2F)CCCC(C(F)(F)F)C1. The van der Waals surface area contributed by atoms with Gasteiger partial charge < -0.3 is 5.73 Å². The van der Waals surface area contributed by atoms with E-state index < -0.39 is 23.5 Å². The number of hydrogen-bond acceptors (Lipinski definition) is 1. The molecule has 112 valence electrons. The van der Waals surface area contributed by atoms with Crippen LogP contribution in [0.25, 0.3) is 0 Å². The summed E-state index contributed by atoms with van der Waals surface area (Å²) in [5, 5.41) is 0.355. The maximum absolute atomic E-state index is 13.7. The minimum Gasteiger partial charge on any atom is -0.325 e. The molecule has 0 radical (unpaired) electrons. The van der Waals surface area contributed by atoms with Crippen LogP contribution >= 0.6 is 11.6 Å². The van der Waals surface area contributed by atoms with Crippen molar-refractivity contribution in [3.8, 4) is 0 Å². The van der Waals surface area contributed by atoms with E-state index in [1.54, 1.807) is 0 Å². The van der Waals surface area contributed by atoms with Gasteiger partial charge in [0, 0.05) is 10.6 Å². The smallest absolute Gasteiger partial charge is 0.325 e. The molecule has 1 fully saturated rings. The molecule has 2 atom stereocenters. The van der Waals surface area contributed by atoms with Crippen LogP contribution in [0.3, 0.4) is 0 Å². The summed E-state index contributed by atoms with van der Waals surface area (Å²) in [5.74, 6) is -1.88. The first-order valence-electron chi connectivity index (χ1n) is 6.49. The van der Waals surface area contributed by atoms with Gasteiger partial charge in [0.2, 0.25) is 0 Å². The molecule has 0 aromatic heterocycles. The Balaban J connectivity index is 2.16. The van der Waals surface area contributed by atoms with Crippen LogP contribution in [0.5, 0.6) is 0 Å². The molecule has 0 aliphatic heterocycles. The Morgan fingerprint density at radius 1 is 1.35 bits per heavy atom. The molecular weight excluding hydrogens is 294 g/mol. The third-order valence-corrected chi connectivity index (χ3v) is 4.13. The van der Waals surface area contributed by atoms with Gasteiger partial charge in [0.15, 0.2) is 0 Å². The van der Waals surface area contributed by atoms with Gasteiger partial charge in [-0.3, -0.25) is 0 Å². The molecule has 0 amide bonds. The highest BCUT2D eigenvalue weighted by Crippen LogP contribution is 2.42. The van der Waals surface area contributed by atoms with Gasteiger partial charge in [-0.25, -0.2) is 4.39 Å². The van der Waals surface area contributed by atoms with Gasteiger partial charge in [-0.05, 0) is 49.4 Å². The molecule has 1 aromatic carbocycles. The van der Waals surface area contributed by atoms with Gasteiger partial charge in [-0.15, -0.1) is 0 Å². The molecule has 0 saturated heterocycles. The van der Waals surface area contributed by atoms with Crippen molar-refractivity contribution in [1.29, 1.82) is 0 Å². The molecule has 0 heterocycles. The lowest BCUT2D eigenvalue weighted by molar-refractivity contribution is -0.187. The Morgan fingerprint density at radius 2 is 2.05 bits per heavy atom. The molecular formula is C14H16ClF4N. The Kier molecular flexibility index (Phi) is 4.30. The van der Waals surface area contributed by atoms with Crippen molar-refractivity contribution in [2.45, 2.75) is 43.8 Å². The summed E-state index contributed by atoms with van der Waals surface area (Å²) in [6.07, 6.45) is -3.36. The number of alkyl halides is 3. The Bertz CT molecular complexity index is 489. The third-order valence-electron chi connectivity index (χ3n) is 3.89. The predicted octanol–water partition coefficient (Wildman–Crippen LogP) is 4.47. The maximum Gasteiger partial charge on any atom is 0.391 e. The second-order valence-corrected chi connectivity index (χ2v) is 6.05. The first kappa shape index (κ1) is 15.6. The highest BCUT2D eigenvalue weighted by molar-refractivity contribution is 6.30. The lowest BCUT2D eigenvalue weighted by atomic mass is 9.73. The average molecular weight is 310 g/mol. The van der Waals surface area contributed by atoms with E-state index in [0.717, 1.165) is 0 Å². The van der Waals surface area contributed by atoms with E-state index in [9.17, 15) is 17.6 Å². The zero-order valence-corrected chi connectivity index (χ0v) is 11.6. The van der Waals surface area contributed by atoms with Gasteiger partial charge in [-0.2, -0.15) is 13.2 Å². The fourth-order valence-corrected chi connectivity index (χ4v) is 3.09. The lowest BCUT2D eigenvalue weighted by Gasteiger charge is -2.39. The molecule has 1 aliphatic rings. The van der Waals surface area contributed by atoms with Gasteiger partial charge in [0.1, 0.15) is 5.82 Å². The fourth-order valence-electron chi connectivity index (χ4n) is 2.89. The largest absolute Gasteiger partial charge is 0.391 e. The van der Waals surface area contributed by atoms with Crippen molar-refractivity contribution in [3.05, 3.63) is 34.6 Å². The van der Waals surface area contributed by atoms with Crippen LogP contribution in [0.2, 0.25) is 5.02 Å². The molecule has 1 aromatic rings. The minimum atomic E-state index is -4.24. The number of benzene rings is 1. The zero-order valence-electron chi connectivity index (χ0n) is 10.8. The van der Waals surface area contributed by atoms with Crippen molar-refractivity contribution in [2.75, 3.05) is 0 Å². The molecule has 20 heavy (non-hydrogen) atoms. The first-order valence-corrected chi connectivity index (χ1v) is 6.87. The maximum atomic E-state index is 13.7. The van der Waals surface area contributed by atoms with Crippen LogP contribution in [-0.2, 0) is 6.42 Å². The second-order valence-electron chi connectivity index (χ2n) is 5.61. The summed E-state index contributed by atoms with van der Waals surface area (Å²) in [6.45, 7) is 0. The van der Waals surface area contributed by atoms with Crippen LogP contribution in [0, 0.1) is 11.7 Å². The van der Waals surface area contributed by atoms with E-state index in [-0.39, 0.29) is 24.8 Å². The Labute approximate surface area is 120 Å². The van der Waals surface area contributed by atoms with E-state index in [0.29, 0.717) is 17.9 Å². The third kappa shape index (κ3) is 3.64. The van der Waals surface area contributed by atoms with E-state index >= 15 is 0 Å². The molecule has 2 unspecified atom stereocenters. The molecule has 6 heteroatoms. The van der Waals surface area contributed by atoms with E-state index in [4.69, 9.17) is 17.3 Å². The average Bonchev–Trinajstić information content (AvgIpc) is 2.32. The number of rotatable bonds is 2. The van der Waals surface area contributed by atoms with E-state index in [2.05, 4.69) is 0 Å². The molecule has 1 saturated carbocycles. The highest BCUT2D eigenvalue weighted by atomic mass is 35.5. The van der Waals surface area contributed by atoms with Crippen LogP contribution in [0.15, 0.2) is 18.2 Å². The van der Waals surface area contributed by atoms with E-state index in [1.165, 1.54) is 18.2 Å². The van der Waals surface area contributed by atoms with Gasteiger partial charge >= 0.3 is 6.18 Å². The van der Waals surface area contributed by atoms with Crippen molar-refractivity contribution in [3.63, 3.8) is 0 Å². The van der Waals surface area contributed by atoms with Crippen LogP contribution in [-0.4, -0.2) is 11.7 Å². The van der Waals surface area contributed by atoms with Gasteiger partial charge in [0.25, 0.3) is 0 Å². The van der Waals surface area contributed by atoms with Gasteiger partial charge in [0.05, 0.1) is 5.92 Å². The number of halogens is 5.